The molecule has 1 aromatic carbocycles. The molecular weight excluding hydrogens is 368 g/mol. The van der Waals surface area contributed by atoms with Crippen LogP contribution in [0.25, 0.3) is 0 Å². The van der Waals surface area contributed by atoms with Gasteiger partial charge in [0.1, 0.15) is 5.76 Å². The molecule has 0 radical (unpaired) electrons. The quantitative estimate of drug-likeness (QED) is 0.676. The molecule has 28 heavy (non-hydrogen) atoms. The van der Waals surface area contributed by atoms with Crippen molar-refractivity contribution in [2.24, 2.45) is 0 Å². The van der Waals surface area contributed by atoms with Gasteiger partial charge < -0.3 is 14.6 Å². The second-order valence-corrected chi connectivity index (χ2v) is 8.69. The van der Waals surface area contributed by atoms with Crippen LogP contribution in [0.1, 0.15) is 51.1 Å². The van der Waals surface area contributed by atoms with E-state index < -0.39 is 0 Å². The maximum Gasteiger partial charge on any atom is 0.318 e. The molecule has 1 N–H and O–H groups in total. The summed E-state index contributed by atoms with van der Waals surface area (Å²) in [4.78, 5) is 18.0. The second-order valence-electron chi connectivity index (χ2n) is 7.55. The molecule has 1 aliphatic heterocycles. The summed E-state index contributed by atoms with van der Waals surface area (Å²) in [5.41, 5.74) is 4.29. The molecule has 5 heteroatoms. The number of carbonyl (C=O) groups is 1. The van der Waals surface area contributed by atoms with Crippen LogP contribution in [-0.4, -0.2) is 17.5 Å². The van der Waals surface area contributed by atoms with Crippen LogP contribution in [0.15, 0.2) is 53.1 Å². The molecule has 1 aliphatic carbocycles. The van der Waals surface area contributed by atoms with Crippen LogP contribution in [0.3, 0.4) is 0 Å². The molecule has 2 amide bonds. The fraction of sp³-hybridized carbons (Fsp3) is 0.348. The largest absolute Gasteiger partial charge is 0.467 e. The van der Waals surface area contributed by atoms with E-state index in [0.717, 1.165) is 18.7 Å². The van der Waals surface area contributed by atoms with Crippen molar-refractivity contribution in [3.8, 4) is 0 Å². The topological polar surface area (TPSA) is 45.5 Å². The molecule has 3 heterocycles. The lowest BCUT2D eigenvalue weighted by molar-refractivity contribution is 0.180. The molecule has 0 saturated heterocycles. The van der Waals surface area contributed by atoms with Gasteiger partial charge in [0.25, 0.3) is 0 Å². The van der Waals surface area contributed by atoms with Gasteiger partial charge in [-0.2, -0.15) is 0 Å². The first-order valence-electron chi connectivity index (χ1n) is 10.1. The molecule has 0 saturated carbocycles. The monoisotopic (exact) mass is 392 g/mol. The summed E-state index contributed by atoms with van der Waals surface area (Å²) in [5, 5.41) is 3.04. The summed E-state index contributed by atoms with van der Waals surface area (Å²) in [6.45, 7) is 1.16. The highest BCUT2D eigenvalue weighted by Crippen LogP contribution is 2.44. The fourth-order valence-electron chi connectivity index (χ4n) is 4.51. The Labute approximate surface area is 169 Å². The van der Waals surface area contributed by atoms with Crippen LogP contribution in [-0.2, 0) is 25.8 Å². The molecule has 4 nitrogen and oxygen atoms in total. The van der Waals surface area contributed by atoms with Crippen LogP contribution in [0.4, 0.5) is 4.79 Å². The Kier molecular flexibility index (Phi) is 4.69. The second kappa shape index (κ2) is 7.47. The Morgan fingerprint density at radius 1 is 1.07 bits per heavy atom. The summed E-state index contributed by atoms with van der Waals surface area (Å²) >= 11 is 1.94. The van der Waals surface area contributed by atoms with Crippen molar-refractivity contribution in [3.05, 3.63) is 80.9 Å². The van der Waals surface area contributed by atoms with Crippen LogP contribution in [0, 0.1) is 0 Å². The number of fused-ring (bicyclic) bond motifs is 3. The van der Waals surface area contributed by atoms with Crippen LogP contribution in [0.2, 0.25) is 0 Å². The Morgan fingerprint density at radius 2 is 1.93 bits per heavy atom. The predicted molar refractivity (Wildman–Crippen MR) is 111 cm³/mol. The van der Waals surface area contributed by atoms with Crippen molar-refractivity contribution < 1.29 is 9.21 Å². The van der Waals surface area contributed by atoms with E-state index in [1.165, 1.54) is 41.7 Å². The van der Waals surface area contributed by atoms with Gasteiger partial charge in [-0.05, 0) is 60.9 Å². The SMILES string of the molecule is O=C(NCc1ccco1)N1CCc2c(sc3c2CCCC3)C1c1ccccc1. The van der Waals surface area contributed by atoms with Gasteiger partial charge in [-0.25, -0.2) is 4.79 Å². The van der Waals surface area contributed by atoms with E-state index in [0.29, 0.717) is 6.54 Å². The number of benzene rings is 1. The van der Waals surface area contributed by atoms with E-state index in [1.54, 1.807) is 16.7 Å². The highest BCUT2D eigenvalue weighted by Gasteiger charge is 2.36. The molecule has 144 valence electrons. The molecule has 0 fully saturated rings. The minimum atomic E-state index is -0.0257. The van der Waals surface area contributed by atoms with Gasteiger partial charge in [0, 0.05) is 16.3 Å². The van der Waals surface area contributed by atoms with Crippen molar-refractivity contribution >= 4 is 17.4 Å². The van der Waals surface area contributed by atoms with Crippen molar-refractivity contribution in [2.75, 3.05) is 6.54 Å². The number of carbonyl (C=O) groups excluding carboxylic acids is 1. The Morgan fingerprint density at radius 3 is 2.75 bits per heavy atom. The number of amides is 2. The molecular formula is C23H24N2O2S. The summed E-state index contributed by atoms with van der Waals surface area (Å²) in [5.74, 6) is 0.772. The van der Waals surface area contributed by atoms with Crippen molar-refractivity contribution in [1.82, 2.24) is 10.2 Å². The maximum atomic E-state index is 13.1. The van der Waals surface area contributed by atoms with Crippen molar-refractivity contribution in [1.29, 1.82) is 0 Å². The highest BCUT2D eigenvalue weighted by atomic mass is 32.1. The Bertz CT molecular complexity index is 962. The standard InChI is InChI=1S/C23H24N2O2S/c26-23(24-15-17-9-6-14-27-17)25-13-12-19-18-10-4-5-11-20(18)28-22(19)21(25)16-7-2-1-3-8-16/h1-3,6-9,14,21H,4-5,10-13,15H2,(H,24,26). The van der Waals surface area contributed by atoms with E-state index in [4.69, 9.17) is 4.42 Å². The summed E-state index contributed by atoms with van der Waals surface area (Å²) in [7, 11) is 0. The molecule has 1 unspecified atom stereocenters. The number of hydrogen-bond acceptors (Lipinski definition) is 3. The van der Waals surface area contributed by atoms with E-state index in [-0.39, 0.29) is 12.1 Å². The number of urea groups is 1. The molecule has 0 bridgehead atoms. The molecule has 5 rings (SSSR count). The first-order chi connectivity index (χ1) is 13.8. The number of hydrogen-bond donors (Lipinski definition) is 1. The zero-order chi connectivity index (χ0) is 18.9. The third-order valence-electron chi connectivity index (χ3n) is 5.84. The Balaban J connectivity index is 1.48. The van der Waals surface area contributed by atoms with Crippen molar-refractivity contribution in [2.45, 2.75) is 44.7 Å². The van der Waals surface area contributed by atoms with E-state index >= 15 is 0 Å². The first-order valence-corrected chi connectivity index (χ1v) is 10.9. The maximum absolute atomic E-state index is 13.1. The predicted octanol–water partition coefficient (Wildman–Crippen LogP) is 5.08. The minimum absolute atomic E-state index is 0.00264. The number of thiophene rings is 1. The lowest BCUT2D eigenvalue weighted by Gasteiger charge is -2.36. The van der Waals surface area contributed by atoms with Crippen LogP contribution in [0.5, 0.6) is 0 Å². The van der Waals surface area contributed by atoms with E-state index in [9.17, 15) is 4.79 Å². The van der Waals surface area contributed by atoms with Gasteiger partial charge in [-0.15, -0.1) is 11.3 Å². The third kappa shape index (κ3) is 3.14. The number of rotatable bonds is 3. The molecule has 3 aromatic rings. The Hall–Kier alpha value is -2.53. The van der Waals surface area contributed by atoms with Crippen molar-refractivity contribution in [3.63, 3.8) is 0 Å². The third-order valence-corrected chi connectivity index (χ3v) is 7.23. The number of aryl methyl sites for hydroxylation is 1. The van der Waals surface area contributed by atoms with E-state index in [1.807, 2.05) is 34.4 Å². The normalized spacial score (nSPS) is 18.4. The van der Waals surface area contributed by atoms with Gasteiger partial charge in [-0.1, -0.05) is 30.3 Å². The van der Waals surface area contributed by atoms with E-state index in [2.05, 4.69) is 29.6 Å². The molecule has 2 aromatic heterocycles. The molecule has 0 spiro atoms. The highest BCUT2D eigenvalue weighted by molar-refractivity contribution is 7.12. The molecule has 1 atom stereocenters. The average Bonchev–Trinajstić information content (AvgIpc) is 3.39. The fourth-order valence-corrected chi connectivity index (χ4v) is 6.10. The number of nitrogens with zero attached hydrogens (tertiary/aromatic N) is 1. The van der Waals surface area contributed by atoms with Gasteiger partial charge in [0.2, 0.25) is 0 Å². The average molecular weight is 393 g/mol. The molecule has 2 aliphatic rings. The number of nitrogens with one attached hydrogen (secondary N) is 1. The zero-order valence-electron chi connectivity index (χ0n) is 15.8. The van der Waals surface area contributed by atoms with Gasteiger partial charge >= 0.3 is 6.03 Å². The van der Waals surface area contributed by atoms with Gasteiger partial charge in [0.05, 0.1) is 18.8 Å². The lowest BCUT2D eigenvalue weighted by atomic mass is 9.88. The number of furan rings is 1. The summed E-state index contributed by atoms with van der Waals surface area (Å²) in [6, 6.07) is 14.2. The summed E-state index contributed by atoms with van der Waals surface area (Å²) < 4.78 is 5.36. The van der Waals surface area contributed by atoms with Crippen LogP contribution < -0.4 is 5.32 Å². The summed E-state index contributed by atoms with van der Waals surface area (Å²) in [6.07, 6.45) is 7.57. The van der Waals surface area contributed by atoms with Gasteiger partial charge in [0.15, 0.2) is 0 Å². The smallest absolute Gasteiger partial charge is 0.318 e. The zero-order valence-corrected chi connectivity index (χ0v) is 16.6. The lowest BCUT2D eigenvalue weighted by Crippen LogP contribution is -2.45. The van der Waals surface area contributed by atoms with Crippen LogP contribution >= 0.6 is 11.3 Å². The minimum Gasteiger partial charge on any atom is -0.467 e. The first kappa shape index (κ1) is 17.6. The van der Waals surface area contributed by atoms with Gasteiger partial charge in [-0.3, -0.25) is 0 Å².